The summed E-state index contributed by atoms with van der Waals surface area (Å²) in [5, 5.41) is 9.50. The Morgan fingerprint density at radius 3 is 2.60 bits per heavy atom. The zero-order chi connectivity index (χ0) is 15.3. The van der Waals surface area contributed by atoms with Crippen LogP contribution in [0, 0.1) is 5.92 Å². The molecule has 0 bridgehead atoms. The van der Waals surface area contributed by atoms with Gasteiger partial charge < -0.3 is 9.84 Å². The molecule has 0 amide bonds. The minimum absolute atomic E-state index is 0.0557. The lowest BCUT2D eigenvalue weighted by Gasteiger charge is -2.15. The van der Waals surface area contributed by atoms with Crippen molar-refractivity contribution in [2.75, 3.05) is 13.7 Å². The second-order valence-electron chi connectivity index (χ2n) is 4.62. The van der Waals surface area contributed by atoms with Crippen molar-refractivity contribution in [1.82, 2.24) is 4.72 Å². The van der Waals surface area contributed by atoms with Crippen LogP contribution in [-0.2, 0) is 16.6 Å². The highest BCUT2D eigenvalue weighted by Crippen LogP contribution is 2.31. The third-order valence-electron chi connectivity index (χ3n) is 3.08. The SMILES string of the molecule is CCC(C)CNS(=O)(=O)c1cc(Cl)cc(CO)c1OC. The number of aliphatic hydroxyl groups is 1. The summed E-state index contributed by atoms with van der Waals surface area (Å²) in [4.78, 5) is -0.0557. The van der Waals surface area contributed by atoms with Crippen LogP contribution in [0.5, 0.6) is 5.75 Å². The number of sulfonamides is 1. The molecular weight excluding hydrogens is 302 g/mol. The van der Waals surface area contributed by atoms with Gasteiger partial charge in [0.2, 0.25) is 10.0 Å². The van der Waals surface area contributed by atoms with E-state index in [-0.39, 0.29) is 28.2 Å². The molecule has 5 nitrogen and oxygen atoms in total. The summed E-state index contributed by atoms with van der Waals surface area (Å²) in [7, 11) is -2.38. The first-order valence-electron chi connectivity index (χ1n) is 6.32. The molecule has 0 aliphatic heterocycles. The van der Waals surface area contributed by atoms with Crippen molar-refractivity contribution in [3.05, 3.63) is 22.7 Å². The standard InChI is InChI=1S/C13H20ClNO4S/c1-4-9(2)7-15-20(17,18)12-6-11(14)5-10(8-16)13(12)19-3/h5-6,9,15-16H,4,7-8H2,1-3H3. The van der Waals surface area contributed by atoms with E-state index in [0.717, 1.165) is 6.42 Å². The second-order valence-corrected chi connectivity index (χ2v) is 6.79. The van der Waals surface area contributed by atoms with Gasteiger partial charge in [-0.15, -0.1) is 0 Å². The van der Waals surface area contributed by atoms with Crippen LogP contribution < -0.4 is 9.46 Å². The molecule has 0 spiro atoms. The zero-order valence-electron chi connectivity index (χ0n) is 11.8. The van der Waals surface area contributed by atoms with Gasteiger partial charge in [0.25, 0.3) is 0 Å². The lowest BCUT2D eigenvalue weighted by molar-refractivity contribution is 0.272. The summed E-state index contributed by atoms with van der Waals surface area (Å²) in [6.45, 7) is 3.93. The minimum Gasteiger partial charge on any atom is -0.495 e. The molecule has 0 radical (unpaired) electrons. The van der Waals surface area contributed by atoms with Crippen molar-refractivity contribution in [1.29, 1.82) is 0 Å². The largest absolute Gasteiger partial charge is 0.495 e. The van der Waals surface area contributed by atoms with Crippen molar-refractivity contribution in [2.45, 2.75) is 31.8 Å². The van der Waals surface area contributed by atoms with Crippen molar-refractivity contribution in [3.8, 4) is 5.75 Å². The molecule has 0 aliphatic carbocycles. The van der Waals surface area contributed by atoms with Crippen LogP contribution in [0.25, 0.3) is 0 Å². The van der Waals surface area contributed by atoms with Crippen LogP contribution in [0.15, 0.2) is 17.0 Å². The number of methoxy groups -OCH3 is 1. The maximum absolute atomic E-state index is 12.3. The molecular formula is C13H20ClNO4S. The molecule has 20 heavy (non-hydrogen) atoms. The molecule has 0 aromatic heterocycles. The zero-order valence-corrected chi connectivity index (χ0v) is 13.4. The third kappa shape index (κ3) is 4.09. The first kappa shape index (κ1) is 17.2. The molecule has 0 saturated carbocycles. The normalized spacial score (nSPS) is 13.2. The van der Waals surface area contributed by atoms with Crippen LogP contribution in [0.4, 0.5) is 0 Å². The first-order chi connectivity index (χ1) is 9.35. The Kier molecular flexibility index (Phi) is 6.26. The summed E-state index contributed by atoms with van der Waals surface area (Å²) >= 11 is 5.89. The molecule has 114 valence electrons. The quantitative estimate of drug-likeness (QED) is 0.807. The van der Waals surface area contributed by atoms with E-state index in [2.05, 4.69) is 4.72 Å². The van der Waals surface area contributed by atoms with E-state index in [1.807, 2.05) is 13.8 Å². The van der Waals surface area contributed by atoms with Gasteiger partial charge in [0.15, 0.2) is 0 Å². The van der Waals surface area contributed by atoms with Gasteiger partial charge in [-0.2, -0.15) is 0 Å². The fourth-order valence-corrected chi connectivity index (χ4v) is 3.35. The molecule has 0 fully saturated rings. The van der Waals surface area contributed by atoms with E-state index in [9.17, 15) is 13.5 Å². The van der Waals surface area contributed by atoms with E-state index in [1.54, 1.807) is 0 Å². The fourth-order valence-electron chi connectivity index (χ4n) is 1.65. The second kappa shape index (κ2) is 7.26. The van der Waals surface area contributed by atoms with E-state index in [0.29, 0.717) is 12.1 Å². The van der Waals surface area contributed by atoms with Crippen LogP contribution in [0.1, 0.15) is 25.8 Å². The topological polar surface area (TPSA) is 75.6 Å². The Hall–Kier alpha value is -0.820. The summed E-state index contributed by atoms with van der Waals surface area (Å²) in [6, 6.07) is 2.80. The molecule has 2 N–H and O–H groups in total. The number of rotatable bonds is 7. The third-order valence-corrected chi connectivity index (χ3v) is 4.73. The van der Waals surface area contributed by atoms with Gasteiger partial charge in [-0.3, -0.25) is 0 Å². The Labute approximate surface area is 125 Å². The van der Waals surface area contributed by atoms with Crippen molar-refractivity contribution in [2.24, 2.45) is 5.92 Å². The summed E-state index contributed by atoms with van der Waals surface area (Å²) in [5.74, 6) is 0.348. The number of nitrogens with one attached hydrogen (secondary N) is 1. The van der Waals surface area contributed by atoms with E-state index < -0.39 is 10.0 Å². The molecule has 0 saturated heterocycles. The van der Waals surface area contributed by atoms with Gasteiger partial charge in [0, 0.05) is 17.1 Å². The predicted molar refractivity (Wildman–Crippen MR) is 78.6 cm³/mol. The van der Waals surface area contributed by atoms with Crippen molar-refractivity contribution >= 4 is 21.6 Å². The first-order valence-corrected chi connectivity index (χ1v) is 8.18. The Morgan fingerprint density at radius 2 is 2.10 bits per heavy atom. The summed E-state index contributed by atoms with van der Waals surface area (Å²) in [5.41, 5.74) is 0.337. The highest BCUT2D eigenvalue weighted by Gasteiger charge is 2.23. The van der Waals surface area contributed by atoms with Crippen LogP contribution >= 0.6 is 11.6 Å². The van der Waals surface area contributed by atoms with Gasteiger partial charge in [-0.1, -0.05) is 31.9 Å². The van der Waals surface area contributed by atoms with Crippen LogP contribution in [0.3, 0.4) is 0 Å². The Bertz CT molecular complexity index is 560. The monoisotopic (exact) mass is 321 g/mol. The predicted octanol–water partition coefficient (Wildman–Crippen LogP) is 2.17. The highest BCUT2D eigenvalue weighted by molar-refractivity contribution is 7.89. The van der Waals surface area contributed by atoms with Gasteiger partial charge in [0.1, 0.15) is 10.6 Å². The molecule has 0 aliphatic rings. The maximum Gasteiger partial charge on any atom is 0.244 e. The molecule has 1 unspecified atom stereocenters. The number of halogens is 1. The molecule has 1 atom stereocenters. The van der Waals surface area contributed by atoms with Gasteiger partial charge in [-0.25, -0.2) is 13.1 Å². The molecule has 7 heteroatoms. The number of aliphatic hydroxyl groups excluding tert-OH is 1. The lowest BCUT2D eigenvalue weighted by Crippen LogP contribution is -2.28. The van der Waals surface area contributed by atoms with E-state index in [4.69, 9.17) is 16.3 Å². The van der Waals surface area contributed by atoms with Gasteiger partial charge in [0.05, 0.1) is 13.7 Å². The summed E-state index contributed by atoms with van der Waals surface area (Å²) < 4.78 is 32.3. The molecule has 0 heterocycles. The van der Waals surface area contributed by atoms with Gasteiger partial charge >= 0.3 is 0 Å². The van der Waals surface area contributed by atoms with Crippen LogP contribution in [-0.4, -0.2) is 27.2 Å². The minimum atomic E-state index is -3.73. The van der Waals surface area contributed by atoms with Gasteiger partial charge in [-0.05, 0) is 18.1 Å². The van der Waals surface area contributed by atoms with E-state index in [1.165, 1.54) is 19.2 Å². The lowest BCUT2D eigenvalue weighted by atomic mass is 10.1. The number of hydrogen-bond donors (Lipinski definition) is 2. The smallest absolute Gasteiger partial charge is 0.244 e. The van der Waals surface area contributed by atoms with Crippen LogP contribution in [0.2, 0.25) is 5.02 Å². The average Bonchev–Trinajstić information content (AvgIpc) is 2.43. The molecule has 1 aromatic carbocycles. The highest BCUT2D eigenvalue weighted by atomic mass is 35.5. The Morgan fingerprint density at radius 1 is 1.45 bits per heavy atom. The van der Waals surface area contributed by atoms with Crippen molar-refractivity contribution < 1.29 is 18.3 Å². The number of hydrogen-bond acceptors (Lipinski definition) is 4. The maximum atomic E-state index is 12.3. The van der Waals surface area contributed by atoms with E-state index >= 15 is 0 Å². The van der Waals surface area contributed by atoms with Crippen molar-refractivity contribution in [3.63, 3.8) is 0 Å². The number of benzene rings is 1. The molecule has 1 aromatic rings. The number of ether oxygens (including phenoxy) is 1. The molecule has 1 rings (SSSR count). The fraction of sp³-hybridized carbons (Fsp3) is 0.538. The summed E-state index contributed by atoms with van der Waals surface area (Å²) in [6.07, 6.45) is 0.872. The Balaban J connectivity index is 3.20. The average molecular weight is 322 g/mol.